The quantitative estimate of drug-likeness (QED) is 0.352. The lowest BCUT2D eigenvalue weighted by Crippen LogP contribution is -2.25. The van der Waals surface area contributed by atoms with E-state index in [-0.39, 0.29) is 5.91 Å². The van der Waals surface area contributed by atoms with Crippen LogP contribution >= 0.6 is 33.2 Å². The number of anilines is 1. The molecule has 4 rings (SSSR count). The summed E-state index contributed by atoms with van der Waals surface area (Å²) >= 11 is 6.20. The van der Waals surface area contributed by atoms with Crippen LogP contribution in [0, 0.1) is 0 Å². The lowest BCUT2D eigenvalue weighted by Gasteiger charge is -2.22. The summed E-state index contributed by atoms with van der Waals surface area (Å²) in [5.41, 5.74) is 4.76. The highest BCUT2D eigenvalue weighted by Gasteiger charge is 2.18. The molecule has 0 bridgehead atoms. The molecule has 1 fully saturated rings. The highest BCUT2D eigenvalue weighted by Crippen LogP contribution is 2.39. The topological polar surface area (TPSA) is 54.0 Å². The molecule has 0 radical (unpaired) electrons. The Morgan fingerprint density at radius 3 is 2.97 bits per heavy atom. The minimum Gasteiger partial charge on any atom is -0.384 e. The summed E-state index contributed by atoms with van der Waals surface area (Å²) in [6.07, 6.45) is 9.56. The van der Waals surface area contributed by atoms with Gasteiger partial charge in [-0.25, -0.2) is 0 Å². The van der Waals surface area contributed by atoms with Gasteiger partial charge in [-0.3, -0.25) is 9.78 Å². The summed E-state index contributed by atoms with van der Waals surface area (Å²) in [5, 5.41) is 9.36. The van der Waals surface area contributed by atoms with Crippen molar-refractivity contribution in [3.63, 3.8) is 0 Å². The molecule has 30 heavy (non-hydrogen) atoms. The summed E-state index contributed by atoms with van der Waals surface area (Å²) in [5.74, 6) is 1.45. The van der Waals surface area contributed by atoms with Gasteiger partial charge in [0.2, 0.25) is 5.91 Å². The van der Waals surface area contributed by atoms with Crippen molar-refractivity contribution in [2.24, 2.45) is 0 Å². The number of nitrogens with one attached hydrogen (secondary N) is 2. The highest BCUT2D eigenvalue weighted by molar-refractivity contribution is 8.77. The van der Waals surface area contributed by atoms with Crippen LogP contribution in [0.3, 0.4) is 0 Å². The molecule has 2 heterocycles. The molecule has 1 saturated heterocycles. The van der Waals surface area contributed by atoms with Crippen molar-refractivity contribution >= 4 is 55.7 Å². The number of aromatic nitrogens is 1. The summed E-state index contributed by atoms with van der Waals surface area (Å²) in [7, 11) is 3.96. The number of benzene rings is 1. The second-order valence-corrected chi connectivity index (χ2v) is 11.4. The average Bonchev–Trinajstić information content (AvgIpc) is 3.26. The summed E-state index contributed by atoms with van der Waals surface area (Å²) in [6.45, 7) is 1.56. The van der Waals surface area contributed by atoms with Gasteiger partial charge in [0.25, 0.3) is 0 Å². The van der Waals surface area contributed by atoms with E-state index in [1.165, 1.54) is 42.0 Å². The van der Waals surface area contributed by atoms with E-state index in [2.05, 4.69) is 16.7 Å². The predicted octanol–water partition coefficient (Wildman–Crippen LogP) is 6.01. The fourth-order valence-electron chi connectivity index (χ4n) is 4.27. The zero-order chi connectivity index (χ0) is 20.8. The molecular weight excluding hydrogens is 434 g/mol. The van der Waals surface area contributed by atoms with Crippen LogP contribution in [0.15, 0.2) is 18.2 Å². The van der Waals surface area contributed by atoms with E-state index in [9.17, 15) is 4.79 Å². The molecule has 1 atom stereocenters. The van der Waals surface area contributed by atoms with Crippen molar-refractivity contribution < 1.29 is 4.79 Å². The van der Waals surface area contributed by atoms with Gasteiger partial charge in [-0.2, -0.15) is 0 Å². The van der Waals surface area contributed by atoms with Gasteiger partial charge in [0.05, 0.1) is 5.52 Å². The number of hydrogen-bond donors (Lipinski definition) is 2. The standard InChI is InChI=1S/C23H30ClN3OS2/c24-16-9-10-19-21(15-16)27-20-7-2-1-6-18(20)23(19)26-13-4-12-25-22(28)8-3-5-17-11-14-29-30-17/h9-10,15,17H,1-8,11-14H2,(H,25,28)(H,26,27). The van der Waals surface area contributed by atoms with E-state index in [4.69, 9.17) is 16.6 Å². The van der Waals surface area contributed by atoms with Crippen molar-refractivity contribution in [2.75, 3.05) is 24.2 Å². The van der Waals surface area contributed by atoms with Gasteiger partial charge in [0.1, 0.15) is 0 Å². The van der Waals surface area contributed by atoms with Crippen molar-refractivity contribution in [1.29, 1.82) is 0 Å². The first kappa shape index (κ1) is 22.1. The van der Waals surface area contributed by atoms with Crippen LogP contribution in [-0.2, 0) is 17.6 Å². The minimum atomic E-state index is 0.187. The van der Waals surface area contributed by atoms with Crippen LogP contribution in [0.4, 0.5) is 5.69 Å². The Hall–Kier alpha value is -1.11. The maximum absolute atomic E-state index is 12.1. The van der Waals surface area contributed by atoms with Crippen LogP contribution in [0.1, 0.15) is 56.2 Å². The molecule has 7 heteroatoms. The van der Waals surface area contributed by atoms with E-state index in [0.717, 1.165) is 66.4 Å². The molecule has 2 aliphatic rings. The fourth-order valence-corrected chi connectivity index (χ4v) is 7.47. The second kappa shape index (κ2) is 11.0. The monoisotopic (exact) mass is 463 g/mol. The third kappa shape index (κ3) is 5.77. The highest BCUT2D eigenvalue weighted by atomic mass is 35.5. The predicted molar refractivity (Wildman–Crippen MR) is 132 cm³/mol. The van der Waals surface area contributed by atoms with E-state index in [0.29, 0.717) is 6.42 Å². The van der Waals surface area contributed by atoms with Crippen LogP contribution in [0.5, 0.6) is 0 Å². The number of aryl methyl sites for hydroxylation is 1. The molecule has 1 unspecified atom stereocenters. The maximum atomic E-state index is 12.1. The van der Waals surface area contributed by atoms with E-state index >= 15 is 0 Å². The Bertz CT molecular complexity index is 886. The lowest BCUT2D eigenvalue weighted by atomic mass is 9.92. The number of carbonyl (C=O) groups excluding carboxylic acids is 1. The molecule has 0 saturated carbocycles. The Kier molecular flexibility index (Phi) is 8.07. The first-order chi connectivity index (χ1) is 14.7. The number of amides is 1. The number of nitrogens with zero attached hydrogens (tertiary/aromatic N) is 1. The van der Waals surface area contributed by atoms with E-state index in [1.807, 2.05) is 33.7 Å². The zero-order valence-corrected chi connectivity index (χ0v) is 19.7. The molecule has 0 spiro atoms. The van der Waals surface area contributed by atoms with Crippen LogP contribution in [0.2, 0.25) is 5.02 Å². The van der Waals surface area contributed by atoms with Gasteiger partial charge in [0, 0.05) is 52.3 Å². The van der Waals surface area contributed by atoms with Gasteiger partial charge in [-0.1, -0.05) is 33.2 Å². The Balaban J connectivity index is 1.26. The number of hydrogen-bond acceptors (Lipinski definition) is 5. The van der Waals surface area contributed by atoms with Crippen molar-refractivity contribution in [3.05, 3.63) is 34.5 Å². The summed E-state index contributed by atoms with van der Waals surface area (Å²) in [4.78, 5) is 17.0. The van der Waals surface area contributed by atoms with Gasteiger partial charge in [-0.05, 0) is 75.1 Å². The summed E-state index contributed by atoms with van der Waals surface area (Å²) < 4.78 is 0. The molecule has 162 valence electrons. The Morgan fingerprint density at radius 2 is 2.10 bits per heavy atom. The van der Waals surface area contributed by atoms with Crippen LogP contribution in [0.25, 0.3) is 10.9 Å². The molecular formula is C23H30ClN3OS2. The van der Waals surface area contributed by atoms with Crippen molar-refractivity contribution in [3.8, 4) is 0 Å². The number of carbonyl (C=O) groups is 1. The van der Waals surface area contributed by atoms with E-state index in [1.54, 1.807) is 0 Å². The SMILES string of the molecule is O=C(CCCC1CCSS1)NCCCNc1c2c(nc3cc(Cl)ccc13)CCCC2. The Labute approximate surface area is 192 Å². The normalized spacial score (nSPS) is 18.4. The van der Waals surface area contributed by atoms with Gasteiger partial charge < -0.3 is 10.6 Å². The molecule has 1 amide bonds. The third-order valence-corrected chi connectivity index (χ3v) is 9.10. The van der Waals surface area contributed by atoms with Crippen molar-refractivity contribution in [2.45, 2.75) is 63.0 Å². The molecule has 1 aliphatic carbocycles. The minimum absolute atomic E-state index is 0.187. The largest absolute Gasteiger partial charge is 0.384 e. The molecule has 2 N–H and O–H groups in total. The molecule has 1 aromatic carbocycles. The number of fused-ring (bicyclic) bond motifs is 2. The lowest BCUT2D eigenvalue weighted by molar-refractivity contribution is -0.121. The first-order valence-electron chi connectivity index (χ1n) is 11.1. The second-order valence-electron chi connectivity index (χ2n) is 8.13. The number of halogens is 1. The molecule has 2 aromatic rings. The smallest absolute Gasteiger partial charge is 0.219 e. The first-order valence-corrected chi connectivity index (χ1v) is 13.9. The van der Waals surface area contributed by atoms with E-state index < -0.39 is 0 Å². The zero-order valence-electron chi connectivity index (χ0n) is 17.3. The number of rotatable bonds is 9. The average molecular weight is 464 g/mol. The molecule has 1 aromatic heterocycles. The van der Waals surface area contributed by atoms with Crippen molar-refractivity contribution in [1.82, 2.24) is 10.3 Å². The molecule has 4 nitrogen and oxygen atoms in total. The maximum Gasteiger partial charge on any atom is 0.219 e. The fraction of sp³-hybridized carbons (Fsp3) is 0.565. The molecule has 1 aliphatic heterocycles. The van der Waals surface area contributed by atoms with Gasteiger partial charge >= 0.3 is 0 Å². The van der Waals surface area contributed by atoms with Crippen LogP contribution < -0.4 is 10.6 Å². The van der Waals surface area contributed by atoms with Gasteiger partial charge in [-0.15, -0.1) is 0 Å². The number of pyridine rings is 1. The van der Waals surface area contributed by atoms with Crippen LogP contribution in [-0.4, -0.2) is 35.0 Å². The van der Waals surface area contributed by atoms with Gasteiger partial charge in [0.15, 0.2) is 0 Å². The third-order valence-electron chi connectivity index (χ3n) is 5.86. The summed E-state index contributed by atoms with van der Waals surface area (Å²) in [6, 6.07) is 5.97. The Morgan fingerprint density at radius 1 is 1.20 bits per heavy atom.